The van der Waals surface area contributed by atoms with Crippen LogP contribution >= 0.6 is 0 Å². The highest BCUT2D eigenvalue weighted by Crippen LogP contribution is 2.33. The average Bonchev–Trinajstić information content (AvgIpc) is 1.86. The van der Waals surface area contributed by atoms with Crippen molar-refractivity contribution in [1.29, 1.82) is 0 Å². The van der Waals surface area contributed by atoms with Crippen LogP contribution in [0.1, 0.15) is 40.5 Å². The molecule has 0 N–H and O–H groups in total. The highest BCUT2D eigenvalue weighted by molar-refractivity contribution is 4.83. The van der Waals surface area contributed by atoms with Gasteiger partial charge in [-0.2, -0.15) is 0 Å². The van der Waals surface area contributed by atoms with Gasteiger partial charge in [0.2, 0.25) is 0 Å². The Kier molecular flexibility index (Phi) is 2.58. The van der Waals surface area contributed by atoms with Crippen molar-refractivity contribution in [1.82, 2.24) is 4.90 Å². The van der Waals surface area contributed by atoms with Gasteiger partial charge in [0.05, 0.1) is 0 Å². The minimum absolute atomic E-state index is 0.588. The summed E-state index contributed by atoms with van der Waals surface area (Å²) in [6, 6.07) is 0.795. The van der Waals surface area contributed by atoms with E-state index in [1.54, 1.807) is 0 Å². The van der Waals surface area contributed by atoms with Crippen molar-refractivity contribution in [3.05, 3.63) is 0 Å². The number of hydrogen-bond donors (Lipinski definition) is 0. The van der Waals surface area contributed by atoms with Gasteiger partial charge in [-0.15, -0.1) is 0 Å². The molecule has 11 heavy (non-hydrogen) atoms. The first-order valence-corrected chi connectivity index (χ1v) is 4.79. The Bertz CT molecular complexity index is 129. The Hall–Kier alpha value is -0.0400. The van der Waals surface area contributed by atoms with Crippen molar-refractivity contribution in [3.8, 4) is 0 Å². The van der Waals surface area contributed by atoms with Crippen molar-refractivity contribution >= 4 is 0 Å². The maximum absolute atomic E-state index is 2.57. The Labute approximate surface area is 70.8 Å². The maximum atomic E-state index is 2.57. The zero-order chi connectivity index (χ0) is 8.48. The van der Waals surface area contributed by atoms with Crippen molar-refractivity contribution in [2.75, 3.05) is 13.1 Å². The van der Waals surface area contributed by atoms with Gasteiger partial charge in [0.15, 0.2) is 0 Å². The second kappa shape index (κ2) is 3.14. The van der Waals surface area contributed by atoms with Crippen LogP contribution in [0.2, 0.25) is 0 Å². The van der Waals surface area contributed by atoms with Crippen LogP contribution in [0, 0.1) is 5.41 Å². The van der Waals surface area contributed by atoms with E-state index in [1.807, 2.05) is 0 Å². The summed E-state index contributed by atoms with van der Waals surface area (Å²) in [5.74, 6) is 0. The van der Waals surface area contributed by atoms with Crippen molar-refractivity contribution in [3.63, 3.8) is 0 Å². The van der Waals surface area contributed by atoms with Crippen LogP contribution < -0.4 is 0 Å². The third kappa shape index (κ3) is 2.19. The molecular weight excluding hydrogens is 134 g/mol. The molecule has 1 heteroatoms. The Morgan fingerprint density at radius 1 is 1.45 bits per heavy atom. The standard InChI is InChI=1S/C10H21N/c1-5-11-7-6-10(3,4)8-9(11)2/h9H,5-8H2,1-4H3. The summed E-state index contributed by atoms with van der Waals surface area (Å²) in [6.45, 7) is 11.9. The summed E-state index contributed by atoms with van der Waals surface area (Å²) in [4.78, 5) is 2.57. The van der Waals surface area contributed by atoms with Gasteiger partial charge in [0.25, 0.3) is 0 Å². The number of hydrogen-bond acceptors (Lipinski definition) is 1. The molecule has 1 unspecified atom stereocenters. The van der Waals surface area contributed by atoms with Crippen LogP contribution in [0.5, 0.6) is 0 Å². The summed E-state index contributed by atoms with van der Waals surface area (Å²) in [5, 5.41) is 0. The maximum Gasteiger partial charge on any atom is 0.00719 e. The minimum atomic E-state index is 0.588. The fraction of sp³-hybridized carbons (Fsp3) is 1.00. The van der Waals surface area contributed by atoms with E-state index >= 15 is 0 Å². The van der Waals surface area contributed by atoms with E-state index in [4.69, 9.17) is 0 Å². The topological polar surface area (TPSA) is 3.24 Å². The quantitative estimate of drug-likeness (QED) is 0.562. The number of nitrogens with zero attached hydrogens (tertiary/aromatic N) is 1. The summed E-state index contributed by atoms with van der Waals surface area (Å²) in [6.07, 6.45) is 2.73. The van der Waals surface area contributed by atoms with E-state index in [0.29, 0.717) is 5.41 Å². The Morgan fingerprint density at radius 2 is 2.09 bits per heavy atom. The summed E-state index contributed by atoms with van der Waals surface area (Å²) < 4.78 is 0. The van der Waals surface area contributed by atoms with Crippen LogP contribution in [-0.4, -0.2) is 24.0 Å². The third-order valence-electron chi connectivity index (χ3n) is 2.95. The molecule has 1 aliphatic heterocycles. The van der Waals surface area contributed by atoms with Crippen LogP contribution in [-0.2, 0) is 0 Å². The number of piperidine rings is 1. The molecule has 1 heterocycles. The van der Waals surface area contributed by atoms with Gasteiger partial charge < -0.3 is 4.90 Å². The molecule has 66 valence electrons. The molecule has 0 spiro atoms. The van der Waals surface area contributed by atoms with Crippen LogP contribution in [0.25, 0.3) is 0 Å². The van der Waals surface area contributed by atoms with E-state index in [2.05, 4.69) is 32.6 Å². The van der Waals surface area contributed by atoms with Gasteiger partial charge in [-0.1, -0.05) is 20.8 Å². The van der Waals surface area contributed by atoms with Gasteiger partial charge in [-0.25, -0.2) is 0 Å². The fourth-order valence-electron chi connectivity index (χ4n) is 2.17. The molecule has 0 amide bonds. The SMILES string of the molecule is CCN1CCC(C)(C)CC1C. The van der Waals surface area contributed by atoms with Crippen molar-refractivity contribution < 1.29 is 0 Å². The van der Waals surface area contributed by atoms with Crippen LogP contribution in [0.4, 0.5) is 0 Å². The van der Waals surface area contributed by atoms with Gasteiger partial charge in [-0.05, 0) is 38.3 Å². The molecule has 0 bridgehead atoms. The predicted octanol–water partition coefficient (Wildman–Crippen LogP) is 2.52. The first-order valence-electron chi connectivity index (χ1n) is 4.79. The molecule has 0 aromatic carbocycles. The highest BCUT2D eigenvalue weighted by Gasteiger charge is 2.29. The predicted molar refractivity (Wildman–Crippen MR) is 49.7 cm³/mol. The zero-order valence-electron chi connectivity index (χ0n) is 8.35. The lowest BCUT2D eigenvalue weighted by atomic mass is 9.79. The molecule has 1 aliphatic rings. The molecule has 1 saturated heterocycles. The van der Waals surface area contributed by atoms with Gasteiger partial charge in [0, 0.05) is 6.04 Å². The summed E-state index contributed by atoms with van der Waals surface area (Å²) >= 11 is 0. The van der Waals surface area contributed by atoms with E-state index in [-0.39, 0.29) is 0 Å². The first kappa shape index (κ1) is 9.05. The van der Waals surface area contributed by atoms with Crippen molar-refractivity contribution in [2.45, 2.75) is 46.6 Å². The van der Waals surface area contributed by atoms with Crippen LogP contribution in [0.3, 0.4) is 0 Å². The normalized spacial score (nSPS) is 32.2. The van der Waals surface area contributed by atoms with E-state index in [1.165, 1.54) is 25.9 Å². The van der Waals surface area contributed by atoms with Gasteiger partial charge in [0.1, 0.15) is 0 Å². The number of rotatable bonds is 1. The van der Waals surface area contributed by atoms with Gasteiger partial charge >= 0.3 is 0 Å². The lowest BCUT2D eigenvalue weighted by Gasteiger charge is -2.41. The Morgan fingerprint density at radius 3 is 2.55 bits per heavy atom. The van der Waals surface area contributed by atoms with E-state index in [0.717, 1.165) is 6.04 Å². The zero-order valence-corrected chi connectivity index (χ0v) is 8.35. The monoisotopic (exact) mass is 155 g/mol. The molecule has 1 fully saturated rings. The molecule has 0 saturated carbocycles. The first-order chi connectivity index (χ1) is 5.05. The minimum Gasteiger partial charge on any atom is -0.301 e. The third-order valence-corrected chi connectivity index (χ3v) is 2.95. The molecule has 0 aromatic rings. The summed E-state index contributed by atoms with van der Waals surface area (Å²) in [7, 11) is 0. The second-order valence-electron chi connectivity index (χ2n) is 4.60. The largest absolute Gasteiger partial charge is 0.301 e. The molecule has 0 radical (unpaired) electrons. The summed E-state index contributed by atoms with van der Waals surface area (Å²) in [5.41, 5.74) is 0.588. The molecule has 1 nitrogen and oxygen atoms in total. The number of likely N-dealkylation sites (tertiary alicyclic amines) is 1. The van der Waals surface area contributed by atoms with E-state index < -0.39 is 0 Å². The Balaban J connectivity index is 2.48. The smallest absolute Gasteiger partial charge is 0.00719 e. The molecular formula is C10H21N. The molecule has 1 rings (SSSR count). The lowest BCUT2D eigenvalue weighted by Crippen LogP contribution is -2.43. The second-order valence-corrected chi connectivity index (χ2v) is 4.60. The molecule has 0 aliphatic carbocycles. The fourth-order valence-corrected chi connectivity index (χ4v) is 2.17. The van der Waals surface area contributed by atoms with E-state index in [9.17, 15) is 0 Å². The van der Waals surface area contributed by atoms with Crippen molar-refractivity contribution in [2.24, 2.45) is 5.41 Å². The molecule has 1 atom stereocenters. The molecule has 0 aromatic heterocycles. The van der Waals surface area contributed by atoms with Gasteiger partial charge in [-0.3, -0.25) is 0 Å². The average molecular weight is 155 g/mol. The van der Waals surface area contributed by atoms with Crippen LogP contribution in [0.15, 0.2) is 0 Å². The lowest BCUT2D eigenvalue weighted by molar-refractivity contribution is 0.0851. The highest BCUT2D eigenvalue weighted by atomic mass is 15.2.